The molecule has 0 bridgehead atoms. The lowest BCUT2D eigenvalue weighted by molar-refractivity contribution is -0.113. The van der Waals surface area contributed by atoms with Crippen LogP contribution in [0.15, 0.2) is 65.8 Å². The zero-order valence-electron chi connectivity index (χ0n) is 12.2. The Kier molecular flexibility index (Phi) is 4.58. The van der Waals surface area contributed by atoms with Crippen LogP contribution >= 0.6 is 11.8 Å². The third kappa shape index (κ3) is 3.70. The fraction of sp³-hybridized carbons (Fsp3) is 0.0625. The van der Waals surface area contributed by atoms with Crippen molar-refractivity contribution in [3.8, 4) is 5.69 Å². The summed E-state index contributed by atoms with van der Waals surface area (Å²) in [5.74, 6) is 0.407. The largest absolute Gasteiger partial charge is 0.368 e. The van der Waals surface area contributed by atoms with Crippen molar-refractivity contribution >= 4 is 29.3 Å². The van der Waals surface area contributed by atoms with E-state index in [0.29, 0.717) is 11.1 Å². The SMILES string of the molecule is Nc1nnc(SCC(=O)Nc2ccccc2)n1-c1ccccc1. The van der Waals surface area contributed by atoms with Gasteiger partial charge in [0.25, 0.3) is 0 Å². The summed E-state index contributed by atoms with van der Waals surface area (Å²) in [4.78, 5) is 12.0. The van der Waals surface area contributed by atoms with E-state index < -0.39 is 0 Å². The van der Waals surface area contributed by atoms with E-state index in [1.807, 2.05) is 60.7 Å². The molecule has 0 aliphatic heterocycles. The van der Waals surface area contributed by atoms with Crippen LogP contribution in [0, 0.1) is 0 Å². The first kappa shape index (κ1) is 15.1. The fourth-order valence-corrected chi connectivity index (χ4v) is 2.80. The highest BCUT2D eigenvalue weighted by Crippen LogP contribution is 2.23. The first-order chi connectivity index (χ1) is 11.2. The number of nitrogens with two attached hydrogens (primary N) is 1. The van der Waals surface area contributed by atoms with Crippen LogP contribution in [0.2, 0.25) is 0 Å². The Hall–Kier alpha value is -2.80. The maximum absolute atomic E-state index is 12.0. The quantitative estimate of drug-likeness (QED) is 0.704. The maximum atomic E-state index is 12.0. The second kappa shape index (κ2) is 6.97. The molecule has 0 unspecified atom stereocenters. The maximum Gasteiger partial charge on any atom is 0.234 e. The lowest BCUT2D eigenvalue weighted by Crippen LogP contribution is -2.14. The molecule has 3 rings (SSSR count). The van der Waals surface area contributed by atoms with Crippen LogP contribution in [0.4, 0.5) is 11.6 Å². The number of para-hydroxylation sites is 2. The fourth-order valence-electron chi connectivity index (χ4n) is 2.04. The predicted molar refractivity (Wildman–Crippen MR) is 91.6 cm³/mol. The molecule has 6 nitrogen and oxygen atoms in total. The van der Waals surface area contributed by atoms with E-state index in [0.717, 1.165) is 11.4 Å². The van der Waals surface area contributed by atoms with E-state index >= 15 is 0 Å². The Labute approximate surface area is 137 Å². The van der Waals surface area contributed by atoms with Gasteiger partial charge in [-0.1, -0.05) is 48.2 Å². The van der Waals surface area contributed by atoms with Crippen molar-refractivity contribution in [2.45, 2.75) is 5.16 Å². The standard InChI is InChI=1S/C16H15N5OS/c17-15-19-20-16(21(15)13-9-5-2-6-10-13)23-11-14(22)18-12-7-3-1-4-8-12/h1-10H,11H2,(H2,17,19)(H,18,22). The highest BCUT2D eigenvalue weighted by molar-refractivity contribution is 7.99. The molecule has 23 heavy (non-hydrogen) atoms. The van der Waals surface area contributed by atoms with E-state index in [1.54, 1.807) is 4.57 Å². The molecule has 2 aromatic carbocycles. The van der Waals surface area contributed by atoms with Gasteiger partial charge in [-0.15, -0.1) is 10.2 Å². The van der Waals surface area contributed by atoms with Crippen molar-refractivity contribution in [2.75, 3.05) is 16.8 Å². The molecule has 0 spiro atoms. The van der Waals surface area contributed by atoms with Gasteiger partial charge >= 0.3 is 0 Å². The Morgan fingerprint density at radius 1 is 1.04 bits per heavy atom. The van der Waals surface area contributed by atoms with E-state index in [9.17, 15) is 4.79 Å². The van der Waals surface area contributed by atoms with Crippen LogP contribution in [0.5, 0.6) is 0 Å². The van der Waals surface area contributed by atoms with Crippen LogP contribution in [0.25, 0.3) is 5.69 Å². The minimum atomic E-state index is -0.109. The highest BCUT2D eigenvalue weighted by Gasteiger charge is 2.13. The average molecular weight is 325 g/mol. The number of benzene rings is 2. The Balaban J connectivity index is 1.68. The molecule has 3 N–H and O–H groups in total. The molecule has 0 saturated carbocycles. The lowest BCUT2D eigenvalue weighted by atomic mass is 10.3. The number of anilines is 2. The Bertz CT molecular complexity index is 789. The number of aromatic nitrogens is 3. The first-order valence-electron chi connectivity index (χ1n) is 6.98. The van der Waals surface area contributed by atoms with Crippen molar-refractivity contribution in [1.82, 2.24) is 14.8 Å². The van der Waals surface area contributed by atoms with Crippen LogP contribution in [0.1, 0.15) is 0 Å². The summed E-state index contributed by atoms with van der Waals surface area (Å²) in [6.07, 6.45) is 0. The average Bonchev–Trinajstić information content (AvgIpc) is 2.95. The monoisotopic (exact) mass is 325 g/mol. The van der Waals surface area contributed by atoms with Gasteiger partial charge in [0.15, 0.2) is 5.16 Å². The molecule has 3 aromatic rings. The molecule has 0 radical (unpaired) electrons. The number of carbonyl (C=O) groups is 1. The summed E-state index contributed by atoms with van der Waals surface area (Å²) in [5, 5.41) is 11.3. The predicted octanol–water partition coefficient (Wildman–Crippen LogP) is 2.58. The summed E-state index contributed by atoms with van der Waals surface area (Å²) < 4.78 is 1.72. The van der Waals surface area contributed by atoms with Gasteiger partial charge in [-0.25, -0.2) is 0 Å². The topological polar surface area (TPSA) is 85.8 Å². The number of nitrogen functional groups attached to an aromatic ring is 1. The number of amides is 1. The first-order valence-corrected chi connectivity index (χ1v) is 7.96. The van der Waals surface area contributed by atoms with Crippen LogP contribution in [-0.4, -0.2) is 26.4 Å². The summed E-state index contributed by atoms with van der Waals surface area (Å²) in [6, 6.07) is 18.9. The van der Waals surface area contributed by atoms with Gasteiger partial charge < -0.3 is 11.1 Å². The minimum absolute atomic E-state index is 0.109. The zero-order chi connectivity index (χ0) is 16.1. The summed E-state index contributed by atoms with van der Waals surface area (Å²) in [6.45, 7) is 0. The number of hydrogen-bond acceptors (Lipinski definition) is 5. The van der Waals surface area contributed by atoms with E-state index in [2.05, 4.69) is 15.5 Å². The van der Waals surface area contributed by atoms with Crippen LogP contribution in [-0.2, 0) is 4.79 Å². The second-order valence-electron chi connectivity index (χ2n) is 4.71. The highest BCUT2D eigenvalue weighted by atomic mass is 32.2. The minimum Gasteiger partial charge on any atom is -0.368 e. The van der Waals surface area contributed by atoms with Crippen LogP contribution in [0.3, 0.4) is 0 Å². The normalized spacial score (nSPS) is 10.4. The molecule has 0 saturated heterocycles. The van der Waals surface area contributed by atoms with Gasteiger partial charge in [0, 0.05) is 5.69 Å². The number of carbonyl (C=O) groups excluding carboxylic acids is 1. The van der Waals surface area contributed by atoms with E-state index in [1.165, 1.54) is 11.8 Å². The van der Waals surface area contributed by atoms with Gasteiger partial charge in [-0.05, 0) is 24.3 Å². The molecular weight excluding hydrogens is 310 g/mol. The third-order valence-corrected chi connectivity index (χ3v) is 3.99. The van der Waals surface area contributed by atoms with Gasteiger partial charge in [0.2, 0.25) is 11.9 Å². The molecule has 0 atom stereocenters. The Morgan fingerprint density at radius 2 is 1.70 bits per heavy atom. The number of thioether (sulfide) groups is 1. The molecule has 1 heterocycles. The smallest absolute Gasteiger partial charge is 0.234 e. The summed E-state index contributed by atoms with van der Waals surface area (Å²) in [7, 11) is 0. The molecule has 7 heteroatoms. The van der Waals surface area contributed by atoms with E-state index in [-0.39, 0.29) is 11.7 Å². The number of nitrogens with one attached hydrogen (secondary N) is 1. The van der Waals surface area contributed by atoms with Gasteiger partial charge in [-0.2, -0.15) is 0 Å². The summed E-state index contributed by atoms with van der Waals surface area (Å²) in [5.41, 5.74) is 7.51. The molecular formula is C16H15N5OS. The van der Waals surface area contributed by atoms with Gasteiger partial charge in [-0.3, -0.25) is 9.36 Å². The second-order valence-corrected chi connectivity index (χ2v) is 5.66. The molecule has 1 amide bonds. The lowest BCUT2D eigenvalue weighted by Gasteiger charge is -2.08. The number of rotatable bonds is 5. The zero-order valence-corrected chi connectivity index (χ0v) is 13.0. The molecule has 0 aliphatic rings. The van der Waals surface area contributed by atoms with Crippen molar-refractivity contribution in [1.29, 1.82) is 0 Å². The van der Waals surface area contributed by atoms with Gasteiger partial charge in [0.05, 0.1) is 11.4 Å². The van der Waals surface area contributed by atoms with E-state index in [4.69, 9.17) is 5.73 Å². The van der Waals surface area contributed by atoms with Crippen molar-refractivity contribution in [2.24, 2.45) is 0 Å². The van der Waals surface area contributed by atoms with Gasteiger partial charge in [0.1, 0.15) is 0 Å². The molecule has 1 aromatic heterocycles. The summed E-state index contributed by atoms with van der Waals surface area (Å²) >= 11 is 1.29. The van der Waals surface area contributed by atoms with Crippen molar-refractivity contribution < 1.29 is 4.79 Å². The number of nitrogens with zero attached hydrogens (tertiary/aromatic N) is 3. The van der Waals surface area contributed by atoms with Crippen molar-refractivity contribution in [3.63, 3.8) is 0 Å². The Morgan fingerprint density at radius 3 is 2.39 bits per heavy atom. The molecule has 0 aliphatic carbocycles. The van der Waals surface area contributed by atoms with Crippen molar-refractivity contribution in [3.05, 3.63) is 60.7 Å². The number of hydrogen-bond donors (Lipinski definition) is 2. The van der Waals surface area contributed by atoms with Crippen LogP contribution < -0.4 is 11.1 Å². The molecule has 0 fully saturated rings. The third-order valence-electron chi connectivity index (χ3n) is 3.06. The molecule has 116 valence electrons.